The standard InChI is InChI=1S/C8H13ClO2S/c1-8(2)10-5-4-12-6(3-9)7(5)11-8/h5-7H,3-4H2,1-2H3/t5-,6+,7-/m1/s1. The summed E-state index contributed by atoms with van der Waals surface area (Å²) in [6, 6.07) is 0. The van der Waals surface area contributed by atoms with E-state index in [0.717, 1.165) is 5.75 Å². The highest BCUT2D eigenvalue weighted by atomic mass is 35.5. The Balaban J connectivity index is 2.06. The van der Waals surface area contributed by atoms with Gasteiger partial charge in [0.2, 0.25) is 0 Å². The quantitative estimate of drug-likeness (QED) is 0.613. The van der Waals surface area contributed by atoms with Crippen LogP contribution >= 0.6 is 23.4 Å². The van der Waals surface area contributed by atoms with Crippen LogP contribution in [0.2, 0.25) is 0 Å². The molecule has 2 nitrogen and oxygen atoms in total. The number of thioether (sulfide) groups is 1. The molecule has 2 aliphatic rings. The van der Waals surface area contributed by atoms with Crippen LogP contribution in [0.25, 0.3) is 0 Å². The van der Waals surface area contributed by atoms with Crippen molar-refractivity contribution in [3.8, 4) is 0 Å². The van der Waals surface area contributed by atoms with E-state index in [-0.39, 0.29) is 12.2 Å². The highest BCUT2D eigenvalue weighted by molar-refractivity contribution is 8.00. The number of hydrogen-bond donors (Lipinski definition) is 0. The molecule has 0 bridgehead atoms. The van der Waals surface area contributed by atoms with Gasteiger partial charge in [-0.05, 0) is 13.8 Å². The summed E-state index contributed by atoms with van der Waals surface area (Å²) in [6.45, 7) is 3.92. The number of rotatable bonds is 1. The number of hydrogen-bond acceptors (Lipinski definition) is 3. The Bertz CT molecular complexity index is 186. The predicted molar refractivity (Wildman–Crippen MR) is 50.8 cm³/mol. The van der Waals surface area contributed by atoms with Crippen LogP contribution in [0.3, 0.4) is 0 Å². The Morgan fingerprint density at radius 2 is 2.25 bits per heavy atom. The number of alkyl halides is 1. The van der Waals surface area contributed by atoms with Crippen LogP contribution in [0.4, 0.5) is 0 Å². The zero-order chi connectivity index (χ0) is 8.77. The van der Waals surface area contributed by atoms with Gasteiger partial charge in [-0.15, -0.1) is 11.6 Å². The van der Waals surface area contributed by atoms with Gasteiger partial charge >= 0.3 is 0 Å². The highest BCUT2D eigenvalue weighted by Crippen LogP contribution is 2.41. The minimum atomic E-state index is -0.402. The lowest BCUT2D eigenvalue weighted by Crippen LogP contribution is -2.28. The fourth-order valence-corrected chi connectivity index (χ4v) is 3.40. The molecule has 0 aliphatic carbocycles. The molecule has 0 unspecified atom stereocenters. The second kappa shape index (κ2) is 3.05. The third kappa shape index (κ3) is 1.48. The van der Waals surface area contributed by atoms with Crippen LogP contribution < -0.4 is 0 Å². The number of ether oxygens (including phenoxy) is 2. The van der Waals surface area contributed by atoms with Crippen molar-refractivity contribution in [2.75, 3.05) is 11.6 Å². The van der Waals surface area contributed by atoms with E-state index in [2.05, 4.69) is 0 Å². The van der Waals surface area contributed by atoms with E-state index in [9.17, 15) is 0 Å². The van der Waals surface area contributed by atoms with Crippen LogP contribution in [0, 0.1) is 0 Å². The normalized spacial score (nSPS) is 44.8. The molecule has 0 aromatic carbocycles. The van der Waals surface area contributed by atoms with Gasteiger partial charge in [-0.3, -0.25) is 0 Å². The Hall–Kier alpha value is 0.560. The van der Waals surface area contributed by atoms with Gasteiger partial charge in [-0.1, -0.05) is 0 Å². The van der Waals surface area contributed by atoms with Crippen LogP contribution in [-0.4, -0.2) is 34.9 Å². The molecule has 4 heteroatoms. The zero-order valence-electron chi connectivity index (χ0n) is 7.25. The third-order valence-corrected chi connectivity index (χ3v) is 4.11. The largest absolute Gasteiger partial charge is 0.344 e. The molecule has 2 heterocycles. The number of fused-ring (bicyclic) bond motifs is 1. The fraction of sp³-hybridized carbons (Fsp3) is 1.00. The van der Waals surface area contributed by atoms with E-state index in [1.807, 2.05) is 25.6 Å². The molecule has 2 fully saturated rings. The van der Waals surface area contributed by atoms with Gasteiger partial charge in [0, 0.05) is 16.9 Å². The molecule has 12 heavy (non-hydrogen) atoms. The van der Waals surface area contributed by atoms with Crippen LogP contribution in [-0.2, 0) is 9.47 Å². The first-order valence-electron chi connectivity index (χ1n) is 4.15. The average Bonchev–Trinajstić information content (AvgIpc) is 2.42. The van der Waals surface area contributed by atoms with Crippen LogP contribution in [0.15, 0.2) is 0 Å². The molecule has 2 saturated heterocycles. The maximum atomic E-state index is 5.81. The van der Waals surface area contributed by atoms with Crippen molar-refractivity contribution in [2.45, 2.75) is 37.1 Å². The summed E-state index contributed by atoms with van der Waals surface area (Å²) >= 11 is 7.66. The Morgan fingerprint density at radius 1 is 1.50 bits per heavy atom. The Morgan fingerprint density at radius 3 is 2.92 bits per heavy atom. The van der Waals surface area contributed by atoms with E-state index < -0.39 is 5.79 Å². The summed E-state index contributed by atoms with van der Waals surface area (Å²) in [4.78, 5) is 0. The smallest absolute Gasteiger partial charge is 0.163 e. The van der Waals surface area contributed by atoms with E-state index in [0.29, 0.717) is 11.1 Å². The van der Waals surface area contributed by atoms with E-state index in [1.54, 1.807) is 0 Å². The first-order valence-corrected chi connectivity index (χ1v) is 5.74. The molecule has 0 aromatic rings. The lowest BCUT2D eigenvalue weighted by atomic mass is 10.2. The summed E-state index contributed by atoms with van der Waals surface area (Å²) < 4.78 is 11.5. The molecule has 0 N–H and O–H groups in total. The fourth-order valence-electron chi connectivity index (χ4n) is 1.75. The summed E-state index contributed by atoms with van der Waals surface area (Å²) in [7, 11) is 0. The monoisotopic (exact) mass is 208 g/mol. The summed E-state index contributed by atoms with van der Waals surface area (Å²) in [5.41, 5.74) is 0. The summed E-state index contributed by atoms with van der Waals surface area (Å²) in [5, 5.41) is 0.415. The molecular weight excluding hydrogens is 196 g/mol. The van der Waals surface area contributed by atoms with Gasteiger partial charge in [0.25, 0.3) is 0 Å². The van der Waals surface area contributed by atoms with Crippen molar-refractivity contribution < 1.29 is 9.47 Å². The first-order chi connectivity index (χ1) is 5.62. The highest BCUT2D eigenvalue weighted by Gasteiger charge is 2.49. The lowest BCUT2D eigenvalue weighted by Gasteiger charge is -2.20. The van der Waals surface area contributed by atoms with Crippen molar-refractivity contribution in [2.24, 2.45) is 0 Å². The second-order valence-corrected chi connectivity index (χ2v) is 5.25. The maximum absolute atomic E-state index is 5.81. The van der Waals surface area contributed by atoms with Gasteiger partial charge in [-0.25, -0.2) is 0 Å². The van der Waals surface area contributed by atoms with Crippen molar-refractivity contribution in [1.82, 2.24) is 0 Å². The van der Waals surface area contributed by atoms with Gasteiger partial charge in [-0.2, -0.15) is 11.8 Å². The van der Waals surface area contributed by atoms with Crippen molar-refractivity contribution in [1.29, 1.82) is 0 Å². The third-order valence-electron chi connectivity index (χ3n) is 2.21. The second-order valence-electron chi connectivity index (χ2n) is 3.66. The van der Waals surface area contributed by atoms with Crippen LogP contribution in [0.1, 0.15) is 13.8 Å². The topological polar surface area (TPSA) is 18.5 Å². The van der Waals surface area contributed by atoms with Gasteiger partial charge in [0.1, 0.15) is 6.10 Å². The average molecular weight is 209 g/mol. The molecular formula is C8H13ClO2S. The molecule has 0 saturated carbocycles. The molecule has 0 spiro atoms. The van der Waals surface area contributed by atoms with Crippen molar-refractivity contribution in [3.05, 3.63) is 0 Å². The molecule has 2 rings (SSSR count). The molecule has 70 valence electrons. The SMILES string of the molecule is CC1(C)O[C@H]2[C@H](CCl)SC[C@H]2O1. The molecule has 0 aromatic heterocycles. The minimum Gasteiger partial charge on any atom is -0.344 e. The molecule has 0 radical (unpaired) electrons. The zero-order valence-corrected chi connectivity index (χ0v) is 8.82. The molecule has 2 aliphatic heterocycles. The van der Waals surface area contributed by atoms with E-state index in [4.69, 9.17) is 21.1 Å². The Labute approximate surface area is 81.9 Å². The Kier molecular flexibility index (Phi) is 2.32. The van der Waals surface area contributed by atoms with Gasteiger partial charge in [0.15, 0.2) is 5.79 Å². The maximum Gasteiger partial charge on any atom is 0.163 e. The number of halogens is 1. The first kappa shape index (κ1) is 9.13. The van der Waals surface area contributed by atoms with Gasteiger partial charge < -0.3 is 9.47 Å². The minimum absolute atomic E-state index is 0.211. The molecule has 0 amide bonds. The van der Waals surface area contributed by atoms with Crippen LogP contribution in [0.5, 0.6) is 0 Å². The van der Waals surface area contributed by atoms with E-state index in [1.165, 1.54) is 0 Å². The predicted octanol–water partition coefficient (Wildman–Crippen LogP) is 1.86. The molecule has 3 atom stereocenters. The van der Waals surface area contributed by atoms with Gasteiger partial charge in [0.05, 0.1) is 6.10 Å². The lowest BCUT2D eigenvalue weighted by molar-refractivity contribution is -0.145. The summed E-state index contributed by atoms with van der Waals surface area (Å²) in [5.74, 6) is 1.28. The summed E-state index contributed by atoms with van der Waals surface area (Å²) in [6.07, 6.45) is 0.469. The van der Waals surface area contributed by atoms with Crippen molar-refractivity contribution >= 4 is 23.4 Å². The van der Waals surface area contributed by atoms with Crippen molar-refractivity contribution in [3.63, 3.8) is 0 Å². The van der Waals surface area contributed by atoms with E-state index >= 15 is 0 Å².